The molecule has 0 saturated heterocycles. The summed E-state index contributed by atoms with van der Waals surface area (Å²) in [6, 6.07) is 13.7. The molecule has 0 amide bonds. The second-order valence-electron chi connectivity index (χ2n) is 8.29. The lowest BCUT2D eigenvalue weighted by Gasteiger charge is -2.24. The van der Waals surface area contributed by atoms with Crippen LogP contribution in [0, 0.1) is 35.0 Å². The van der Waals surface area contributed by atoms with E-state index in [1.54, 1.807) is 33.3 Å². The predicted octanol–water partition coefficient (Wildman–Crippen LogP) is 3.43. The fourth-order valence-electron chi connectivity index (χ4n) is 3.90. The molecular formula is C29H34N2O4. The van der Waals surface area contributed by atoms with E-state index in [-0.39, 0.29) is 13.2 Å². The molecule has 0 spiro atoms. The quantitative estimate of drug-likeness (QED) is 0.459. The van der Waals surface area contributed by atoms with Gasteiger partial charge in [-0.2, -0.15) is 5.26 Å². The standard InChI is InChI=1S/C29H34N2O4/c1-5-6-7-14-29(22-30,26-11-10-24(20-32)25(19-26)21-33)15-8-16-31(2)17-13-23-9-12-27(34-3)28(18-23)35-4/h9-12,18-19,32-33H,8,13,15-17,20-21H2,1-4H3. The summed E-state index contributed by atoms with van der Waals surface area (Å²) in [6.45, 7) is 2.96. The molecule has 6 heteroatoms. The molecule has 184 valence electrons. The Morgan fingerprint density at radius 3 is 2.31 bits per heavy atom. The third-order valence-electron chi connectivity index (χ3n) is 6.02. The molecule has 1 unspecified atom stereocenters. The molecule has 0 heterocycles. The van der Waals surface area contributed by atoms with Crippen LogP contribution in [-0.4, -0.2) is 49.5 Å². The molecule has 0 aromatic heterocycles. The number of nitriles is 1. The van der Waals surface area contributed by atoms with Crippen LogP contribution >= 0.6 is 0 Å². The average molecular weight is 475 g/mol. The van der Waals surface area contributed by atoms with Gasteiger partial charge in [-0.15, -0.1) is 0 Å². The highest BCUT2D eigenvalue weighted by atomic mass is 16.5. The van der Waals surface area contributed by atoms with E-state index < -0.39 is 5.41 Å². The van der Waals surface area contributed by atoms with Crippen molar-refractivity contribution in [1.29, 1.82) is 5.26 Å². The molecule has 0 aliphatic carbocycles. The Morgan fingerprint density at radius 2 is 1.69 bits per heavy atom. The van der Waals surface area contributed by atoms with Crippen molar-refractivity contribution in [3.05, 3.63) is 58.7 Å². The van der Waals surface area contributed by atoms with E-state index in [9.17, 15) is 15.5 Å². The minimum Gasteiger partial charge on any atom is -0.493 e. The maximum Gasteiger partial charge on any atom is 0.160 e. The topological polar surface area (TPSA) is 86.0 Å². The summed E-state index contributed by atoms with van der Waals surface area (Å²) in [5, 5.41) is 29.4. The lowest BCUT2D eigenvalue weighted by Crippen LogP contribution is -2.27. The second kappa shape index (κ2) is 14.1. The lowest BCUT2D eigenvalue weighted by molar-refractivity contribution is 0.259. The van der Waals surface area contributed by atoms with Gasteiger partial charge in [-0.3, -0.25) is 0 Å². The Hall–Kier alpha value is -3.47. The summed E-state index contributed by atoms with van der Waals surface area (Å²) in [6.07, 6.45) is 2.13. The molecular weight excluding hydrogens is 440 g/mol. The Bertz CT molecular complexity index is 1150. The summed E-state index contributed by atoms with van der Waals surface area (Å²) in [5.74, 6) is 12.8. The Kier molecular flexibility index (Phi) is 11.1. The molecule has 35 heavy (non-hydrogen) atoms. The van der Waals surface area contributed by atoms with E-state index >= 15 is 0 Å². The first-order valence-electron chi connectivity index (χ1n) is 11.6. The number of nitrogens with zero attached hydrogens (tertiary/aromatic N) is 2. The fourth-order valence-corrected chi connectivity index (χ4v) is 3.90. The maximum atomic E-state index is 10.2. The molecule has 0 bridgehead atoms. The van der Waals surface area contributed by atoms with E-state index in [0.717, 1.165) is 37.2 Å². The van der Waals surface area contributed by atoms with Crippen LogP contribution in [0.15, 0.2) is 36.4 Å². The first kappa shape index (κ1) is 27.8. The highest BCUT2D eigenvalue weighted by molar-refractivity contribution is 5.48. The van der Waals surface area contributed by atoms with E-state index in [4.69, 9.17) is 9.47 Å². The van der Waals surface area contributed by atoms with Gasteiger partial charge in [-0.1, -0.05) is 36.1 Å². The Balaban J connectivity index is 2.11. The summed E-state index contributed by atoms with van der Waals surface area (Å²) in [4.78, 5) is 2.23. The van der Waals surface area contributed by atoms with Crippen molar-refractivity contribution in [2.24, 2.45) is 0 Å². The normalized spacial score (nSPS) is 11.9. The largest absolute Gasteiger partial charge is 0.493 e. The number of aliphatic hydroxyl groups is 2. The summed E-state index contributed by atoms with van der Waals surface area (Å²) in [5.41, 5.74) is 2.05. The van der Waals surface area contributed by atoms with Crippen LogP contribution in [0.3, 0.4) is 0 Å². The van der Waals surface area contributed by atoms with Crippen LogP contribution in [0.5, 0.6) is 11.5 Å². The molecule has 0 aliphatic heterocycles. The molecule has 1 atom stereocenters. The summed E-state index contributed by atoms with van der Waals surface area (Å²) >= 11 is 0. The van der Waals surface area contributed by atoms with Crippen molar-refractivity contribution in [1.82, 2.24) is 4.90 Å². The first-order valence-corrected chi connectivity index (χ1v) is 11.6. The van der Waals surface area contributed by atoms with E-state index in [1.807, 2.05) is 24.3 Å². The minimum atomic E-state index is -1.05. The van der Waals surface area contributed by atoms with Gasteiger partial charge in [-0.25, -0.2) is 0 Å². The van der Waals surface area contributed by atoms with Gasteiger partial charge in [0, 0.05) is 6.54 Å². The van der Waals surface area contributed by atoms with Crippen molar-refractivity contribution in [3.8, 4) is 41.2 Å². The number of ether oxygens (including phenoxy) is 2. The highest BCUT2D eigenvalue weighted by Gasteiger charge is 2.31. The van der Waals surface area contributed by atoms with Crippen LogP contribution < -0.4 is 9.47 Å². The number of hydrogen-bond acceptors (Lipinski definition) is 6. The third-order valence-corrected chi connectivity index (χ3v) is 6.02. The van der Waals surface area contributed by atoms with E-state index in [2.05, 4.69) is 41.7 Å². The van der Waals surface area contributed by atoms with Gasteiger partial charge >= 0.3 is 0 Å². The van der Waals surface area contributed by atoms with Gasteiger partial charge in [0.15, 0.2) is 11.5 Å². The zero-order valence-electron chi connectivity index (χ0n) is 21.0. The van der Waals surface area contributed by atoms with Crippen LogP contribution in [0.1, 0.15) is 42.0 Å². The van der Waals surface area contributed by atoms with Gasteiger partial charge in [0.25, 0.3) is 0 Å². The molecule has 6 nitrogen and oxygen atoms in total. The first-order chi connectivity index (χ1) is 17.0. The highest BCUT2D eigenvalue weighted by Crippen LogP contribution is 2.31. The maximum absolute atomic E-state index is 10.2. The van der Waals surface area contributed by atoms with E-state index in [0.29, 0.717) is 28.9 Å². The molecule has 0 fully saturated rings. The summed E-state index contributed by atoms with van der Waals surface area (Å²) < 4.78 is 10.7. The Morgan fingerprint density at radius 1 is 0.943 bits per heavy atom. The average Bonchev–Trinajstić information content (AvgIpc) is 2.90. The molecule has 2 aromatic carbocycles. The minimum absolute atomic E-state index is 0.173. The predicted molar refractivity (Wildman–Crippen MR) is 137 cm³/mol. The van der Waals surface area contributed by atoms with Crippen LogP contribution in [0.2, 0.25) is 0 Å². The smallest absolute Gasteiger partial charge is 0.160 e. The summed E-state index contributed by atoms with van der Waals surface area (Å²) in [7, 11) is 5.31. The number of aliphatic hydroxyl groups excluding tert-OH is 2. The van der Waals surface area contributed by atoms with Gasteiger partial charge in [-0.05, 0) is 86.0 Å². The third kappa shape index (κ3) is 7.51. The van der Waals surface area contributed by atoms with Gasteiger partial charge < -0.3 is 24.6 Å². The van der Waals surface area contributed by atoms with Gasteiger partial charge in [0.1, 0.15) is 5.41 Å². The molecule has 0 saturated carbocycles. The number of hydrogen-bond donors (Lipinski definition) is 2. The van der Waals surface area contributed by atoms with Crippen molar-refractivity contribution in [3.63, 3.8) is 0 Å². The zero-order chi connectivity index (χ0) is 25.7. The molecule has 2 rings (SSSR count). The van der Waals surface area contributed by atoms with Gasteiger partial charge in [0.05, 0.1) is 33.5 Å². The van der Waals surface area contributed by atoms with Crippen LogP contribution in [-0.2, 0) is 25.0 Å². The number of likely N-dealkylation sites (N-methyl/N-ethyl adjacent to an activating group) is 1. The molecule has 2 aromatic rings. The molecule has 2 N–H and O–H groups in total. The lowest BCUT2D eigenvalue weighted by atomic mass is 9.77. The number of benzene rings is 2. The van der Waals surface area contributed by atoms with E-state index in [1.165, 1.54) is 0 Å². The molecule has 0 aliphatic rings. The van der Waals surface area contributed by atoms with Crippen molar-refractivity contribution < 1.29 is 19.7 Å². The van der Waals surface area contributed by atoms with Crippen molar-refractivity contribution in [2.75, 3.05) is 34.4 Å². The van der Waals surface area contributed by atoms with Crippen molar-refractivity contribution in [2.45, 2.75) is 44.8 Å². The Labute approximate surface area is 209 Å². The van der Waals surface area contributed by atoms with Gasteiger partial charge in [0.2, 0.25) is 0 Å². The number of methoxy groups -OCH3 is 2. The van der Waals surface area contributed by atoms with Crippen LogP contribution in [0.4, 0.5) is 0 Å². The van der Waals surface area contributed by atoms with Crippen LogP contribution in [0.25, 0.3) is 0 Å². The van der Waals surface area contributed by atoms with Crippen molar-refractivity contribution >= 4 is 0 Å². The molecule has 0 radical (unpaired) electrons. The fraction of sp³-hybridized carbons (Fsp3) is 0.414. The monoisotopic (exact) mass is 474 g/mol. The second-order valence-corrected chi connectivity index (χ2v) is 8.29. The number of rotatable bonds is 12. The zero-order valence-corrected chi connectivity index (χ0v) is 21.0. The SMILES string of the molecule is CC#CC#CC(C#N)(CCCN(C)CCc1ccc(OC)c(OC)c1)c1ccc(CO)c(CO)c1.